The van der Waals surface area contributed by atoms with Gasteiger partial charge in [0.1, 0.15) is 46.1 Å². The fourth-order valence-electron chi connectivity index (χ4n) is 6.38. The number of pyridine rings is 1. The molecule has 6 aromatic rings. The van der Waals surface area contributed by atoms with Crippen LogP contribution in [0.1, 0.15) is 31.0 Å². The summed E-state index contributed by atoms with van der Waals surface area (Å²) in [6.45, 7) is 3.83. The second kappa shape index (κ2) is 13.6. The third-order valence-corrected chi connectivity index (χ3v) is 9.48. The standard InChI is InChI=1S/C37H28ClF2N11O3/c1-19-13-14-42-34(50-36-45-26-11-9-22(40)16-28(26)54-36)51(19)31-37(2,32(52)46-29-12-7-20(17-41)18-43-29)30(23-5-3-4-6-24(23)38)47-33(48-31)49-35-44-25-10-8-21(39)15-27(25)53-35/h3-13,15-16,18,30-31H,14H2,1-2H3,(H,42,45,50)(H,43,46,52)(H2,44,47,48,49). The minimum Gasteiger partial charge on any atom is -0.423 e. The molecular formula is C37H28ClF2N11O3. The van der Waals surface area contributed by atoms with Crippen molar-refractivity contribution in [3.05, 3.63) is 119 Å². The van der Waals surface area contributed by atoms with E-state index in [1.54, 1.807) is 36.1 Å². The van der Waals surface area contributed by atoms with Crippen molar-refractivity contribution in [1.29, 1.82) is 5.26 Å². The summed E-state index contributed by atoms with van der Waals surface area (Å²) in [5.74, 6) is -0.946. The van der Waals surface area contributed by atoms with Gasteiger partial charge < -0.3 is 19.5 Å². The summed E-state index contributed by atoms with van der Waals surface area (Å²) in [7, 11) is 0. The van der Waals surface area contributed by atoms with E-state index >= 15 is 0 Å². The molecule has 3 atom stereocenters. The summed E-state index contributed by atoms with van der Waals surface area (Å²) in [5.41, 5.74) is 1.22. The first kappa shape index (κ1) is 34.2. The van der Waals surface area contributed by atoms with Crippen molar-refractivity contribution < 1.29 is 22.4 Å². The van der Waals surface area contributed by atoms with Gasteiger partial charge in [0.15, 0.2) is 11.2 Å². The van der Waals surface area contributed by atoms with E-state index in [0.29, 0.717) is 32.9 Å². The zero-order valence-electron chi connectivity index (χ0n) is 28.4. The number of guanidine groups is 2. The molecule has 2 aliphatic rings. The van der Waals surface area contributed by atoms with Gasteiger partial charge in [0, 0.05) is 29.0 Å². The summed E-state index contributed by atoms with van der Waals surface area (Å²) in [5, 5.41) is 22.1. The van der Waals surface area contributed by atoms with Gasteiger partial charge >= 0.3 is 12.0 Å². The number of fused-ring (bicyclic) bond motifs is 2. The number of hydrogen-bond acceptors (Lipinski definition) is 13. The number of aliphatic imine (C=N–C) groups is 2. The average molecular weight is 748 g/mol. The molecule has 5 heterocycles. The molecule has 17 heteroatoms. The Kier molecular flexibility index (Phi) is 8.62. The normalized spacial score (nSPS) is 19.7. The number of rotatable bonds is 6. The SMILES string of the molecule is CC1=CCN=C(Nc2nc3ccc(F)cc3o2)N1C1N=C(Nc2nc3ccc(F)cc3o2)NC(c2ccccc2Cl)C1(C)C(=O)Nc1ccc(C#N)cn1. The Bertz CT molecular complexity index is 2580. The van der Waals surface area contributed by atoms with E-state index in [1.807, 2.05) is 19.1 Å². The molecule has 3 unspecified atom stereocenters. The molecule has 3 aromatic heterocycles. The van der Waals surface area contributed by atoms with Crippen LogP contribution in [0.2, 0.25) is 5.02 Å². The summed E-state index contributed by atoms with van der Waals surface area (Å²) in [4.78, 5) is 39.6. The van der Waals surface area contributed by atoms with Crippen LogP contribution in [-0.2, 0) is 4.79 Å². The summed E-state index contributed by atoms with van der Waals surface area (Å²) in [6, 6.07) is 19.2. The van der Waals surface area contributed by atoms with Gasteiger partial charge in [0.2, 0.25) is 17.8 Å². The Morgan fingerprint density at radius 3 is 2.33 bits per heavy atom. The molecule has 2 aliphatic heterocycles. The highest BCUT2D eigenvalue weighted by Gasteiger charge is 2.56. The molecule has 0 bridgehead atoms. The number of hydrogen-bond donors (Lipinski definition) is 4. The van der Waals surface area contributed by atoms with Crippen molar-refractivity contribution in [2.24, 2.45) is 15.4 Å². The third kappa shape index (κ3) is 6.30. The molecule has 4 N–H and O–H groups in total. The third-order valence-electron chi connectivity index (χ3n) is 9.13. The van der Waals surface area contributed by atoms with Crippen LogP contribution in [0, 0.1) is 28.4 Å². The van der Waals surface area contributed by atoms with Gasteiger partial charge in [0.25, 0.3) is 0 Å². The van der Waals surface area contributed by atoms with Crippen LogP contribution in [0.15, 0.2) is 110 Å². The van der Waals surface area contributed by atoms with Crippen molar-refractivity contribution in [2.45, 2.75) is 26.1 Å². The second-order valence-electron chi connectivity index (χ2n) is 12.6. The second-order valence-corrected chi connectivity index (χ2v) is 13.0. The van der Waals surface area contributed by atoms with Gasteiger partial charge in [-0.05, 0) is 68.0 Å². The number of aromatic nitrogens is 3. The predicted molar refractivity (Wildman–Crippen MR) is 197 cm³/mol. The first-order chi connectivity index (χ1) is 26.1. The van der Waals surface area contributed by atoms with Crippen molar-refractivity contribution in [1.82, 2.24) is 25.2 Å². The molecule has 14 nitrogen and oxygen atoms in total. The first-order valence-electron chi connectivity index (χ1n) is 16.5. The average Bonchev–Trinajstić information content (AvgIpc) is 3.75. The number of carbonyl (C=O) groups is 1. The molecule has 0 fully saturated rings. The Labute approximate surface area is 310 Å². The maximum absolute atomic E-state index is 14.9. The van der Waals surface area contributed by atoms with E-state index in [4.69, 9.17) is 30.4 Å². The molecular weight excluding hydrogens is 720 g/mol. The maximum Gasteiger partial charge on any atom is 0.302 e. The lowest BCUT2D eigenvalue weighted by Gasteiger charge is -2.49. The molecule has 54 heavy (non-hydrogen) atoms. The minimum absolute atomic E-state index is 0.00461. The molecule has 8 rings (SSSR count). The number of oxazole rings is 2. The number of nitrogens with one attached hydrogen (secondary N) is 4. The van der Waals surface area contributed by atoms with E-state index in [1.165, 1.54) is 54.7 Å². The lowest BCUT2D eigenvalue weighted by Crippen LogP contribution is -2.63. The predicted octanol–water partition coefficient (Wildman–Crippen LogP) is 6.94. The molecule has 0 spiro atoms. The van der Waals surface area contributed by atoms with Crippen LogP contribution in [0.25, 0.3) is 22.2 Å². The highest BCUT2D eigenvalue weighted by Crippen LogP contribution is 2.46. The molecule has 0 saturated carbocycles. The molecule has 0 radical (unpaired) electrons. The van der Waals surface area contributed by atoms with Crippen LogP contribution >= 0.6 is 11.6 Å². The van der Waals surface area contributed by atoms with Gasteiger partial charge in [-0.25, -0.2) is 23.7 Å². The molecule has 3 aromatic carbocycles. The number of nitrogens with zero attached hydrogens (tertiary/aromatic N) is 7. The smallest absolute Gasteiger partial charge is 0.302 e. The van der Waals surface area contributed by atoms with Crippen molar-refractivity contribution in [2.75, 3.05) is 22.5 Å². The zero-order chi connectivity index (χ0) is 37.6. The molecule has 0 saturated heterocycles. The van der Waals surface area contributed by atoms with Gasteiger partial charge in [-0.1, -0.05) is 29.8 Å². The van der Waals surface area contributed by atoms with Gasteiger partial charge in [-0.15, -0.1) is 0 Å². The van der Waals surface area contributed by atoms with E-state index < -0.39 is 35.2 Å². The number of amides is 1. The Hall–Kier alpha value is -6.86. The van der Waals surface area contributed by atoms with Crippen LogP contribution in [-0.4, -0.2) is 50.4 Å². The van der Waals surface area contributed by atoms with Crippen molar-refractivity contribution >= 4 is 69.5 Å². The lowest BCUT2D eigenvalue weighted by atomic mass is 9.73. The van der Waals surface area contributed by atoms with Crippen LogP contribution < -0.4 is 21.3 Å². The topological polar surface area (TPSA) is 182 Å². The van der Waals surface area contributed by atoms with Gasteiger partial charge in [-0.3, -0.25) is 20.3 Å². The number of allylic oxidation sites excluding steroid dienone is 1. The van der Waals surface area contributed by atoms with Crippen molar-refractivity contribution in [3.63, 3.8) is 0 Å². The largest absolute Gasteiger partial charge is 0.423 e. The Morgan fingerprint density at radius 2 is 1.69 bits per heavy atom. The van der Waals surface area contributed by atoms with Crippen LogP contribution in [0.4, 0.5) is 26.6 Å². The number of anilines is 3. The summed E-state index contributed by atoms with van der Waals surface area (Å²) < 4.78 is 39.7. The zero-order valence-corrected chi connectivity index (χ0v) is 29.2. The van der Waals surface area contributed by atoms with E-state index in [-0.39, 0.29) is 47.5 Å². The molecule has 0 aliphatic carbocycles. The molecule has 1 amide bonds. The van der Waals surface area contributed by atoms with E-state index in [0.717, 1.165) is 0 Å². The van der Waals surface area contributed by atoms with E-state index in [2.05, 4.69) is 36.2 Å². The Morgan fingerprint density at radius 1 is 1.00 bits per heavy atom. The minimum atomic E-state index is -1.55. The Balaban J connectivity index is 1.27. The summed E-state index contributed by atoms with van der Waals surface area (Å²) >= 11 is 6.86. The highest BCUT2D eigenvalue weighted by atomic mass is 35.5. The van der Waals surface area contributed by atoms with Gasteiger partial charge in [0.05, 0.1) is 18.2 Å². The highest BCUT2D eigenvalue weighted by molar-refractivity contribution is 6.31. The monoisotopic (exact) mass is 747 g/mol. The van der Waals surface area contributed by atoms with Gasteiger partial charge in [-0.2, -0.15) is 15.2 Å². The fraction of sp³-hybridized carbons (Fsp3) is 0.162. The van der Waals surface area contributed by atoms with Crippen LogP contribution in [0.5, 0.6) is 0 Å². The number of nitriles is 1. The first-order valence-corrected chi connectivity index (χ1v) is 16.9. The lowest BCUT2D eigenvalue weighted by molar-refractivity contribution is -0.129. The fourth-order valence-corrected chi connectivity index (χ4v) is 6.63. The summed E-state index contributed by atoms with van der Waals surface area (Å²) in [6.07, 6.45) is 2.09. The van der Waals surface area contributed by atoms with Crippen LogP contribution in [0.3, 0.4) is 0 Å². The number of carbonyl (C=O) groups excluding carboxylic acids is 1. The molecule has 270 valence electrons. The van der Waals surface area contributed by atoms with Crippen molar-refractivity contribution in [3.8, 4) is 6.07 Å². The maximum atomic E-state index is 14.9. The number of halogens is 3. The number of benzene rings is 3. The quantitative estimate of drug-likeness (QED) is 0.139. The van der Waals surface area contributed by atoms with E-state index in [9.17, 15) is 18.8 Å².